The van der Waals surface area contributed by atoms with Gasteiger partial charge in [0.25, 0.3) is 0 Å². The van der Waals surface area contributed by atoms with E-state index >= 15 is 0 Å². The van der Waals surface area contributed by atoms with Crippen molar-refractivity contribution in [1.82, 2.24) is 15.1 Å². The van der Waals surface area contributed by atoms with Crippen molar-refractivity contribution < 1.29 is 14.7 Å². The van der Waals surface area contributed by atoms with Gasteiger partial charge in [-0.3, -0.25) is 9.59 Å². The zero-order valence-electron chi connectivity index (χ0n) is 18.9. The van der Waals surface area contributed by atoms with Crippen molar-refractivity contribution in [2.24, 2.45) is 11.3 Å². The predicted molar refractivity (Wildman–Crippen MR) is 118 cm³/mol. The van der Waals surface area contributed by atoms with Crippen LogP contribution in [0.25, 0.3) is 0 Å². The van der Waals surface area contributed by atoms with Crippen LogP contribution in [0.1, 0.15) is 57.4 Å². The smallest absolute Gasteiger partial charge is 0.234 e. The van der Waals surface area contributed by atoms with Gasteiger partial charge in [0.2, 0.25) is 11.8 Å². The second kappa shape index (κ2) is 9.38. The van der Waals surface area contributed by atoms with Crippen molar-refractivity contribution in [3.8, 4) is 5.75 Å². The Kier molecular flexibility index (Phi) is 7.06. The van der Waals surface area contributed by atoms with Gasteiger partial charge in [0.1, 0.15) is 5.75 Å². The van der Waals surface area contributed by atoms with Gasteiger partial charge in [0.05, 0.1) is 12.5 Å². The van der Waals surface area contributed by atoms with Crippen molar-refractivity contribution >= 4 is 11.8 Å². The number of benzene rings is 1. The second-order valence-electron chi connectivity index (χ2n) is 9.98. The SMILES string of the molecule is CN(C)CC(=O)NC1CCCCC1C(=O)N1CCC(c2ccc(O)cc2)C(C)(C)C1. The lowest BCUT2D eigenvalue weighted by atomic mass is 9.70. The largest absolute Gasteiger partial charge is 0.508 e. The number of nitrogens with one attached hydrogen (secondary N) is 1. The van der Waals surface area contributed by atoms with Gasteiger partial charge in [-0.1, -0.05) is 38.8 Å². The van der Waals surface area contributed by atoms with Crippen molar-refractivity contribution in [1.29, 1.82) is 0 Å². The molecule has 30 heavy (non-hydrogen) atoms. The molecule has 2 N–H and O–H groups in total. The highest BCUT2D eigenvalue weighted by Crippen LogP contribution is 2.43. The molecule has 0 radical (unpaired) electrons. The van der Waals surface area contributed by atoms with Gasteiger partial charge in [-0.25, -0.2) is 0 Å². The Hall–Kier alpha value is -2.08. The van der Waals surface area contributed by atoms with Gasteiger partial charge in [0, 0.05) is 19.1 Å². The summed E-state index contributed by atoms with van der Waals surface area (Å²) in [6.07, 6.45) is 4.75. The van der Waals surface area contributed by atoms with Crippen LogP contribution in [-0.2, 0) is 9.59 Å². The van der Waals surface area contributed by atoms with Gasteiger partial charge in [-0.15, -0.1) is 0 Å². The van der Waals surface area contributed by atoms with E-state index in [1.807, 2.05) is 36.0 Å². The molecular weight excluding hydrogens is 378 g/mol. The molecule has 2 aliphatic rings. The highest BCUT2D eigenvalue weighted by molar-refractivity contribution is 5.82. The van der Waals surface area contributed by atoms with Gasteiger partial charge in [-0.05, 0) is 62.4 Å². The molecule has 6 nitrogen and oxygen atoms in total. The van der Waals surface area contributed by atoms with Crippen molar-refractivity contribution in [2.75, 3.05) is 33.7 Å². The van der Waals surface area contributed by atoms with Crippen LogP contribution in [0.5, 0.6) is 5.75 Å². The van der Waals surface area contributed by atoms with Crippen LogP contribution < -0.4 is 5.32 Å². The molecule has 1 aromatic rings. The summed E-state index contributed by atoms with van der Waals surface area (Å²) in [5, 5.41) is 12.7. The molecule has 1 aliphatic carbocycles. The molecule has 0 bridgehead atoms. The normalized spacial score (nSPS) is 26.4. The number of amides is 2. The minimum atomic E-state index is -0.120. The third kappa shape index (κ3) is 5.34. The maximum absolute atomic E-state index is 13.5. The first-order valence-electron chi connectivity index (χ1n) is 11.2. The molecule has 2 fully saturated rings. The third-order valence-electron chi connectivity index (χ3n) is 6.73. The number of carbonyl (C=O) groups excluding carboxylic acids is 2. The van der Waals surface area contributed by atoms with E-state index in [2.05, 4.69) is 19.2 Å². The molecule has 1 aromatic carbocycles. The Morgan fingerprint density at radius 3 is 2.43 bits per heavy atom. The topological polar surface area (TPSA) is 72.9 Å². The van der Waals surface area contributed by atoms with Crippen molar-refractivity contribution in [3.63, 3.8) is 0 Å². The quantitative estimate of drug-likeness (QED) is 0.776. The van der Waals surface area contributed by atoms with Gasteiger partial charge < -0.3 is 20.2 Å². The van der Waals surface area contributed by atoms with Crippen LogP contribution in [0.2, 0.25) is 0 Å². The number of piperidine rings is 1. The second-order valence-corrected chi connectivity index (χ2v) is 9.98. The summed E-state index contributed by atoms with van der Waals surface area (Å²) in [7, 11) is 3.76. The fraction of sp³-hybridized carbons (Fsp3) is 0.667. The van der Waals surface area contributed by atoms with Crippen LogP contribution >= 0.6 is 0 Å². The fourth-order valence-corrected chi connectivity index (χ4v) is 5.24. The van der Waals surface area contributed by atoms with E-state index in [0.717, 1.165) is 38.6 Å². The standard InChI is InChI=1S/C24H37N3O3/c1-24(2)16-27(14-13-20(24)17-9-11-18(28)12-10-17)23(30)19-7-5-6-8-21(19)25-22(29)15-26(3)4/h9-12,19-21,28H,5-8,13-16H2,1-4H3,(H,25,29). The lowest BCUT2D eigenvalue weighted by Gasteiger charge is -2.46. The molecular formula is C24H37N3O3. The number of likely N-dealkylation sites (tertiary alicyclic amines) is 1. The summed E-state index contributed by atoms with van der Waals surface area (Å²) in [5.41, 5.74) is 1.17. The Labute approximate surface area is 180 Å². The summed E-state index contributed by atoms with van der Waals surface area (Å²) in [5.74, 6) is 0.706. The zero-order valence-corrected chi connectivity index (χ0v) is 18.9. The summed E-state index contributed by atoms with van der Waals surface area (Å²) >= 11 is 0. The van der Waals surface area contributed by atoms with Crippen LogP contribution in [0.15, 0.2) is 24.3 Å². The molecule has 1 heterocycles. The van der Waals surface area contributed by atoms with E-state index in [4.69, 9.17) is 0 Å². The molecule has 0 aromatic heterocycles. The van der Waals surface area contributed by atoms with E-state index in [1.54, 1.807) is 12.1 Å². The summed E-state index contributed by atoms with van der Waals surface area (Å²) < 4.78 is 0. The Balaban J connectivity index is 1.67. The van der Waals surface area contributed by atoms with Gasteiger partial charge in [-0.2, -0.15) is 0 Å². The van der Waals surface area contributed by atoms with Gasteiger partial charge in [0.15, 0.2) is 0 Å². The number of phenols is 1. The number of aromatic hydroxyl groups is 1. The van der Waals surface area contributed by atoms with Gasteiger partial charge >= 0.3 is 0 Å². The minimum absolute atomic E-state index is 0.00364. The number of hydrogen-bond acceptors (Lipinski definition) is 4. The van der Waals surface area contributed by atoms with Crippen molar-refractivity contribution in [3.05, 3.63) is 29.8 Å². The Morgan fingerprint density at radius 1 is 1.13 bits per heavy atom. The Bertz CT molecular complexity index is 745. The fourth-order valence-electron chi connectivity index (χ4n) is 5.24. The van der Waals surface area contributed by atoms with Crippen molar-refractivity contribution in [2.45, 2.75) is 57.9 Å². The van der Waals surface area contributed by atoms with Crippen LogP contribution in [-0.4, -0.2) is 66.5 Å². The molecule has 1 aliphatic heterocycles. The number of likely N-dealkylation sites (N-methyl/N-ethyl adjacent to an activating group) is 1. The van der Waals surface area contributed by atoms with E-state index < -0.39 is 0 Å². The lowest BCUT2D eigenvalue weighted by molar-refractivity contribution is -0.141. The Morgan fingerprint density at radius 2 is 1.80 bits per heavy atom. The molecule has 3 atom stereocenters. The van der Waals surface area contributed by atoms with E-state index in [9.17, 15) is 14.7 Å². The van der Waals surface area contributed by atoms with E-state index in [-0.39, 0.29) is 34.9 Å². The molecule has 1 saturated carbocycles. The van der Waals surface area contributed by atoms with E-state index in [0.29, 0.717) is 19.0 Å². The average Bonchev–Trinajstić information content (AvgIpc) is 2.67. The molecule has 0 spiro atoms. The number of carbonyl (C=O) groups is 2. The molecule has 2 amide bonds. The molecule has 6 heteroatoms. The first-order valence-corrected chi connectivity index (χ1v) is 11.2. The summed E-state index contributed by atoms with van der Waals surface area (Å²) in [4.78, 5) is 29.7. The summed E-state index contributed by atoms with van der Waals surface area (Å²) in [6.45, 7) is 6.25. The summed E-state index contributed by atoms with van der Waals surface area (Å²) in [6, 6.07) is 7.42. The number of phenolic OH excluding ortho intramolecular Hbond substituents is 1. The average molecular weight is 416 g/mol. The molecule has 1 saturated heterocycles. The third-order valence-corrected chi connectivity index (χ3v) is 6.73. The van der Waals surface area contributed by atoms with E-state index in [1.165, 1.54) is 5.56 Å². The number of nitrogens with zero attached hydrogens (tertiary/aromatic N) is 2. The highest BCUT2D eigenvalue weighted by Gasteiger charge is 2.41. The first-order chi connectivity index (χ1) is 14.2. The molecule has 166 valence electrons. The zero-order chi connectivity index (χ0) is 21.9. The highest BCUT2D eigenvalue weighted by atomic mass is 16.3. The van der Waals surface area contributed by atoms with Crippen LogP contribution in [0, 0.1) is 11.3 Å². The monoisotopic (exact) mass is 415 g/mol. The predicted octanol–water partition coefficient (Wildman–Crippen LogP) is 2.97. The van der Waals surface area contributed by atoms with Crippen LogP contribution in [0.3, 0.4) is 0 Å². The molecule has 3 rings (SSSR count). The minimum Gasteiger partial charge on any atom is -0.508 e. The maximum Gasteiger partial charge on any atom is 0.234 e. The molecule has 3 unspecified atom stereocenters. The first kappa shape index (κ1) is 22.6. The lowest BCUT2D eigenvalue weighted by Crippen LogP contribution is -2.54. The van der Waals surface area contributed by atoms with Crippen LogP contribution in [0.4, 0.5) is 0 Å². The number of hydrogen-bond donors (Lipinski definition) is 2. The number of rotatable bonds is 5. The maximum atomic E-state index is 13.5.